The first kappa shape index (κ1) is 53.0. The summed E-state index contributed by atoms with van der Waals surface area (Å²) in [5.41, 5.74) is 5.92. The van der Waals surface area contributed by atoms with Crippen LogP contribution >= 0.6 is 0 Å². The van der Waals surface area contributed by atoms with Gasteiger partial charge in [-0.1, -0.05) is 62.4 Å². The minimum absolute atomic E-state index is 0.0810. The molecule has 0 spiro atoms. The Labute approximate surface area is 431 Å². The van der Waals surface area contributed by atoms with Crippen molar-refractivity contribution in [2.45, 2.75) is 45.1 Å². The highest BCUT2D eigenvalue weighted by molar-refractivity contribution is 6.03. The molecule has 0 unspecified atom stereocenters. The highest BCUT2D eigenvalue weighted by atomic mass is 16.3. The van der Waals surface area contributed by atoms with Crippen molar-refractivity contribution in [3.05, 3.63) is 95.2 Å². The fourth-order valence-electron chi connectivity index (χ4n) is 6.14. The van der Waals surface area contributed by atoms with Crippen LogP contribution in [-0.2, 0) is 17.4 Å². The first-order chi connectivity index (χ1) is 35.8. The van der Waals surface area contributed by atoms with Crippen molar-refractivity contribution in [1.82, 2.24) is 0 Å². The van der Waals surface area contributed by atoms with Crippen molar-refractivity contribution in [3.63, 3.8) is 0 Å². The van der Waals surface area contributed by atoms with Crippen LogP contribution in [0.4, 0.5) is 11.4 Å². The number of aliphatic hydroxyl groups is 1. The van der Waals surface area contributed by atoms with Crippen molar-refractivity contribution in [1.29, 1.82) is 0 Å². The lowest BCUT2D eigenvalue weighted by atomic mass is 9.81. The summed E-state index contributed by atoms with van der Waals surface area (Å²) in [5.74, 6) is 102. The molecule has 0 fully saturated rings. The maximum atomic E-state index is 9.93. The van der Waals surface area contributed by atoms with Gasteiger partial charge >= 0.3 is 0 Å². The van der Waals surface area contributed by atoms with Gasteiger partial charge in [0.15, 0.2) is 0 Å². The molecule has 0 saturated carbocycles. The molecule has 0 aromatic heterocycles. The van der Waals surface area contributed by atoms with Crippen molar-refractivity contribution in [2.24, 2.45) is 0 Å². The van der Waals surface area contributed by atoms with E-state index in [0.717, 1.165) is 39.5 Å². The molecule has 3 heteroatoms. The van der Waals surface area contributed by atoms with Crippen LogP contribution in [0.2, 0.25) is 0 Å². The zero-order valence-corrected chi connectivity index (χ0v) is 39.6. The quantitative estimate of drug-likeness (QED) is 0.246. The number of nitrogens with zero attached hydrogens (tertiary/aromatic N) is 2. The molecule has 2 aromatic carbocycles. The van der Waals surface area contributed by atoms with Gasteiger partial charge in [-0.15, -0.1) is 17.4 Å². The van der Waals surface area contributed by atoms with Crippen molar-refractivity contribution < 1.29 is 9.68 Å². The van der Waals surface area contributed by atoms with Crippen LogP contribution in [0.3, 0.4) is 0 Å². The molecule has 2 aliphatic heterocycles. The fourth-order valence-corrected chi connectivity index (χ4v) is 6.14. The van der Waals surface area contributed by atoms with E-state index in [2.05, 4.69) is 283 Å². The molecular formula is C70H29N2O+. The second-order valence-corrected chi connectivity index (χ2v) is 14.4. The summed E-state index contributed by atoms with van der Waals surface area (Å²) in [5, 5.41) is 9.93. The molecule has 324 valence electrons. The van der Waals surface area contributed by atoms with E-state index in [1.165, 1.54) is 0 Å². The lowest BCUT2D eigenvalue weighted by molar-refractivity contribution is -0.332. The van der Waals surface area contributed by atoms with E-state index in [0.29, 0.717) is 0 Å². The summed E-state index contributed by atoms with van der Waals surface area (Å²) in [6.07, 6.45) is 20.0. The summed E-state index contributed by atoms with van der Waals surface area (Å²) in [6, 6.07) is 20.4. The van der Waals surface area contributed by atoms with Crippen LogP contribution < -0.4 is 4.90 Å². The van der Waals surface area contributed by atoms with E-state index in [-0.39, 0.29) is 12.0 Å². The van der Waals surface area contributed by atoms with Gasteiger partial charge in [0, 0.05) is 171 Å². The lowest BCUT2D eigenvalue weighted by Crippen LogP contribution is -2.26. The van der Waals surface area contributed by atoms with E-state index in [9.17, 15) is 5.11 Å². The van der Waals surface area contributed by atoms with Crippen LogP contribution in [0.5, 0.6) is 0 Å². The molecule has 1 N–H and O–H groups in total. The zero-order valence-electron chi connectivity index (χ0n) is 39.6. The minimum atomic E-state index is -0.451. The van der Waals surface area contributed by atoms with E-state index in [4.69, 9.17) is 12.8 Å². The number of hydrogen-bond donors (Lipinski definition) is 1. The molecular weight excluding hydrogens is 885 g/mol. The number of allylic oxidation sites excluding steroid dienone is 6. The van der Waals surface area contributed by atoms with Gasteiger partial charge in [-0.25, -0.2) is 0 Å². The molecule has 2 aliphatic rings. The Hall–Kier alpha value is -12.6. The Morgan fingerprint density at radius 2 is 0.877 bits per heavy atom. The molecule has 0 amide bonds. The predicted molar refractivity (Wildman–Crippen MR) is 292 cm³/mol. The summed E-state index contributed by atoms with van der Waals surface area (Å²) in [6.45, 7) is 8.47. The third kappa shape index (κ3) is 17.6. The molecule has 3 nitrogen and oxygen atoms in total. The van der Waals surface area contributed by atoms with Gasteiger partial charge in [-0.2, -0.15) is 0 Å². The average Bonchev–Trinajstić information content (AvgIpc) is 3.74. The Kier molecular flexibility index (Phi) is 22.2. The second-order valence-electron chi connectivity index (χ2n) is 14.4. The van der Waals surface area contributed by atoms with Crippen molar-refractivity contribution in [2.75, 3.05) is 4.90 Å². The van der Waals surface area contributed by atoms with Gasteiger partial charge in [-0.05, 0) is 132 Å². The summed E-state index contributed by atoms with van der Waals surface area (Å²) >= 11 is 0. The maximum Gasteiger partial charge on any atom is 0.243 e. The minimum Gasteiger partial charge on any atom is -0.392 e. The Balaban J connectivity index is 1.49. The molecule has 0 bridgehead atoms. The Morgan fingerprint density at radius 3 is 1.32 bits per heavy atom. The van der Waals surface area contributed by atoms with E-state index in [1.807, 2.05) is 76.3 Å². The third-order valence-electron chi connectivity index (χ3n) is 9.20. The van der Waals surface area contributed by atoms with Gasteiger partial charge in [0.25, 0.3) is 0 Å². The third-order valence-corrected chi connectivity index (χ3v) is 9.20. The molecule has 2 aromatic rings. The van der Waals surface area contributed by atoms with Gasteiger partial charge in [0.1, 0.15) is 0 Å². The van der Waals surface area contributed by atoms with Gasteiger partial charge in [0.2, 0.25) is 17.4 Å². The van der Waals surface area contributed by atoms with Crippen molar-refractivity contribution in [3.8, 4) is 262 Å². The molecule has 0 radical (unpaired) electrons. The maximum absolute atomic E-state index is 9.93. The number of fused-ring (bicyclic) bond motifs is 2. The van der Waals surface area contributed by atoms with Crippen molar-refractivity contribution >= 4 is 17.1 Å². The van der Waals surface area contributed by atoms with Crippen LogP contribution in [0, 0.1) is 262 Å². The number of terminal acetylenes is 2. The normalized spacial score (nSPS) is 10.9. The number of benzene rings is 2. The van der Waals surface area contributed by atoms with E-state index in [1.54, 1.807) is 0 Å². The number of aliphatic hydroxyl groups excluding tert-OH is 1. The molecule has 0 aliphatic carbocycles. The Bertz CT molecular complexity index is 4270. The predicted octanol–water partition coefficient (Wildman–Crippen LogP) is 5.60. The number of para-hydroxylation sites is 1. The second kappa shape index (κ2) is 30.6. The number of anilines is 1. The molecule has 4 rings (SSSR count). The number of rotatable bonds is 4. The Morgan fingerprint density at radius 1 is 0.466 bits per heavy atom. The average molecular weight is 914 g/mol. The smallest absolute Gasteiger partial charge is 0.243 e. The van der Waals surface area contributed by atoms with E-state index >= 15 is 0 Å². The van der Waals surface area contributed by atoms with Crippen LogP contribution in [0.1, 0.15) is 44.4 Å². The number of hydrogen-bond acceptors (Lipinski definition) is 2. The lowest BCUT2D eigenvalue weighted by Gasteiger charge is -2.22. The summed E-state index contributed by atoms with van der Waals surface area (Å²) in [7, 11) is 0. The van der Waals surface area contributed by atoms with E-state index < -0.39 is 5.41 Å². The highest BCUT2D eigenvalue weighted by Crippen LogP contribution is 2.47. The topological polar surface area (TPSA) is 26.5 Å². The largest absolute Gasteiger partial charge is 0.392 e. The molecule has 2 heterocycles. The molecule has 73 heavy (non-hydrogen) atoms. The highest BCUT2D eigenvalue weighted by Gasteiger charge is 2.44. The first-order valence-electron chi connectivity index (χ1n) is 21.1. The fraction of sp³-hybridized carbons (Fsp3) is 0.100. The van der Waals surface area contributed by atoms with Gasteiger partial charge in [0.05, 0.1) is 23.6 Å². The SMILES string of the molecule is C#CC#CC#CC#CC#CC#CC#CC#CC#CC#CC#CN1/C(=C/C=C/C=C/C2=[N+](C#CC#CC#CC#CC#CC#CC#CC#CC#CC#CC#C)c3ccccc3C2(C)C)C(C)(C)c2cc(CO)ccc21. The molecule has 0 atom stereocenters. The van der Waals surface area contributed by atoms with Crippen LogP contribution in [-0.4, -0.2) is 15.4 Å². The van der Waals surface area contributed by atoms with Crippen LogP contribution in [0.15, 0.2) is 78.5 Å². The van der Waals surface area contributed by atoms with Gasteiger partial charge in [-0.3, -0.25) is 4.90 Å². The van der Waals surface area contributed by atoms with Gasteiger partial charge < -0.3 is 5.11 Å². The van der Waals surface area contributed by atoms with Crippen LogP contribution in [0.25, 0.3) is 0 Å². The standard InChI is InChI=1S/C70H29N2O/c1-7-9-11-13-15-17-19-21-23-25-27-29-31-33-35-37-39-41-43-50-58-71-65-53-49-48-52-63(65)69(3,4)67(71)54-46-45-47-55-68-70(5,6)64-60-62(61-73)56-57-66(64)72(68)59-51-44-42-40-38-36-34-32-30-28-26-24-22-20-18-16-14-12-10-8-2/h1-2,45-49,52-57,60,73H,61H2,3-6H3/q+1. The summed E-state index contributed by atoms with van der Waals surface area (Å²) < 4.78 is 1.95. The molecule has 0 saturated heterocycles. The monoisotopic (exact) mass is 913 g/mol. The first-order valence-corrected chi connectivity index (χ1v) is 21.1. The zero-order chi connectivity index (χ0) is 52.1. The summed E-state index contributed by atoms with van der Waals surface area (Å²) in [4.78, 5) is 1.91.